The lowest BCUT2D eigenvalue weighted by Crippen LogP contribution is -2.07. The molecule has 2 rings (SSSR count). The van der Waals surface area contributed by atoms with E-state index in [1.165, 1.54) is 11.3 Å². The minimum atomic E-state index is -0.830. The predicted molar refractivity (Wildman–Crippen MR) is 67.7 cm³/mol. The molecule has 0 aliphatic carbocycles. The summed E-state index contributed by atoms with van der Waals surface area (Å²) < 4.78 is 5.47. The average molecular weight is 287 g/mol. The lowest BCUT2D eigenvalue weighted by molar-refractivity contribution is -0.137. The fourth-order valence-electron chi connectivity index (χ4n) is 1.54. The number of carbonyl (C=O) groups is 1. The Morgan fingerprint density at radius 2 is 2.39 bits per heavy atom. The van der Waals surface area contributed by atoms with Crippen molar-refractivity contribution in [2.24, 2.45) is 5.92 Å². The zero-order chi connectivity index (χ0) is 13.1. The first-order valence-corrected chi connectivity index (χ1v) is 6.59. The van der Waals surface area contributed by atoms with Crippen molar-refractivity contribution < 1.29 is 14.3 Å². The minimum absolute atomic E-state index is 0.0467. The number of halogens is 1. The Hall–Kier alpha value is -1.40. The van der Waals surface area contributed by atoms with E-state index in [1.54, 1.807) is 6.07 Å². The first-order valence-electron chi connectivity index (χ1n) is 5.33. The molecule has 2 aromatic heterocycles. The van der Waals surface area contributed by atoms with E-state index >= 15 is 0 Å². The standard InChI is InChI=1S/C11H11ClN2O3S/c1-6(5-9(15)16)4-8-13-14-11(17-8)10-7(12)2-3-18-10/h2-3,6H,4-5H2,1H3,(H,15,16). The molecular formula is C11H11ClN2O3S. The maximum atomic E-state index is 10.6. The van der Waals surface area contributed by atoms with Gasteiger partial charge in [-0.25, -0.2) is 0 Å². The van der Waals surface area contributed by atoms with Gasteiger partial charge >= 0.3 is 5.97 Å². The second kappa shape index (κ2) is 5.49. The molecule has 1 atom stereocenters. The predicted octanol–water partition coefficient (Wildman–Crippen LogP) is 3.10. The van der Waals surface area contributed by atoms with Crippen molar-refractivity contribution in [1.29, 1.82) is 0 Å². The Labute approximate surface area is 112 Å². The van der Waals surface area contributed by atoms with Crippen molar-refractivity contribution in [3.63, 3.8) is 0 Å². The van der Waals surface area contributed by atoms with E-state index in [1.807, 2.05) is 12.3 Å². The number of aromatic nitrogens is 2. The van der Waals surface area contributed by atoms with Crippen molar-refractivity contribution in [3.05, 3.63) is 22.4 Å². The van der Waals surface area contributed by atoms with Crippen LogP contribution in [0.3, 0.4) is 0 Å². The van der Waals surface area contributed by atoms with Crippen molar-refractivity contribution >= 4 is 28.9 Å². The molecule has 0 saturated carbocycles. The highest BCUT2D eigenvalue weighted by Crippen LogP contribution is 2.32. The second-order valence-electron chi connectivity index (χ2n) is 4.01. The molecule has 0 radical (unpaired) electrons. The van der Waals surface area contributed by atoms with Crippen LogP contribution in [0, 0.1) is 5.92 Å². The van der Waals surface area contributed by atoms with Crippen LogP contribution < -0.4 is 0 Å². The van der Waals surface area contributed by atoms with Crippen LogP contribution >= 0.6 is 22.9 Å². The molecule has 0 bridgehead atoms. The van der Waals surface area contributed by atoms with Gasteiger partial charge < -0.3 is 9.52 Å². The summed E-state index contributed by atoms with van der Waals surface area (Å²) in [7, 11) is 0. The van der Waals surface area contributed by atoms with Gasteiger partial charge in [-0.15, -0.1) is 21.5 Å². The van der Waals surface area contributed by atoms with Gasteiger partial charge in [0.25, 0.3) is 5.89 Å². The molecular weight excluding hydrogens is 276 g/mol. The molecule has 0 aromatic carbocycles. The van der Waals surface area contributed by atoms with E-state index in [2.05, 4.69) is 10.2 Å². The number of nitrogens with zero attached hydrogens (tertiary/aromatic N) is 2. The molecule has 0 fully saturated rings. The molecule has 5 nitrogen and oxygen atoms in total. The minimum Gasteiger partial charge on any atom is -0.481 e. The van der Waals surface area contributed by atoms with Crippen molar-refractivity contribution in [3.8, 4) is 10.8 Å². The largest absolute Gasteiger partial charge is 0.481 e. The van der Waals surface area contributed by atoms with Gasteiger partial charge in [0.15, 0.2) is 0 Å². The summed E-state index contributed by atoms with van der Waals surface area (Å²) in [5.74, 6) is -0.0612. The lowest BCUT2D eigenvalue weighted by Gasteiger charge is -2.03. The summed E-state index contributed by atoms with van der Waals surface area (Å²) in [6.45, 7) is 1.83. The van der Waals surface area contributed by atoms with Crippen molar-refractivity contribution in [2.45, 2.75) is 19.8 Å². The van der Waals surface area contributed by atoms with E-state index in [-0.39, 0.29) is 12.3 Å². The maximum Gasteiger partial charge on any atom is 0.303 e. The normalized spacial score (nSPS) is 12.6. The quantitative estimate of drug-likeness (QED) is 0.914. The summed E-state index contributed by atoms with van der Waals surface area (Å²) in [6.07, 6.45) is 0.528. The highest BCUT2D eigenvalue weighted by molar-refractivity contribution is 7.14. The number of carboxylic acid groups (broad SMARTS) is 1. The van der Waals surface area contributed by atoms with Crippen LogP contribution in [0.15, 0.2) is 15.9 Å². The van der Waals surface area contributed by atoms with E-state index < -0.39 is 5.97 Å². The SMILES string of the molecule is CC(CC(=O)O)Cc1nnc(-c2sccc2Cl)o1. The molecule has 1 unspecified atom stereocenters. The second-order valence-corrected chi connectivity index (χ2v) is 5.33. The van der Waals surface area contributed by atoms with E-state index in [0.717, 1.165) is 4.88 Å². The molecule has 0 saturated heterocycles. The van der Waals surface area contributed by atoms with E-state index in [4.69, 9.17) is 21.1 Å². The van der Waals surface area contributed by atoms with Gasteiger partial charge in [0.05, 0.1) is 5.02 Å². The van der Waals surface area contributed by atoms with Crippen LogP contribution in [0.25, 0.3) is 10.8 Å². The van der Waals surface area contributed by atoms with E-state index in [9.17, 15) is 4.79 Å². The summed E-state index contributed by atoms with van der Waals surface area (Å²) in [6, 6.07) is 1.76. The smallest absolute Gasteiger partial charge is 0.303 e. The van der Waals surface area contributed by atoms with Crippen LogP contribution in [0.5, 0.6) is 0 Å². The molecule has 18 heavy (non-hydrogen) atoms. The number of aliphatic carboxylic acids is 1. The number of rotatable bonds is 5. The fraction of sp³-hybridized carbons (Fsp3) is 0.364. The molecule has 2 aromatic rings. The Kier molecular flexibility index (Phi) is 3.98. The molecule has 96 valence electrons. The molecule has 0 aliphatic heterocycles. The van der Waals surface area contributed by atoms with Crippen LogP contribution in [0.4, 0.5) is 0 Å². The number of carboxylic acids is 1. The van der Waals surface area contributed by atoms with Crippen LogP contribution in [-0.4, -0.2) is 21.3 Å². The Balaban J connectivity index is 2.07. The van der Waals surface area contributed by atoms with Crippen molar-refractivity contribution in [1.82, 2.24) is 10.2 Å². The summed E-state index contributed by atoms with van der Waals surface area (Å²) in [5, 5.41) is 18.9. The van der Waals surface area contributed by atoms with E-state index in [0.29, 0.717) is 23.2 Å². The van der Waals surface area contributed by atoms with Crippen molar-refractivity contribution in [2.75, 3.05) is 0 Å². The first-order chi connectivity index (χ1) is 8.56. The summed E-state index contributed by atoms with van der Waals surface area (Å²) in [5.41, 5.74) is 0. The van der Waals surface area contributed by atoms with Crippen LogP contribution in [0.2, 0.25) is 5.02 Å². The van der Waals surface area contributed by atoms with Gasteiger partial charge in [0, 0.05) is 12.8 Å². The number of hydrogen-bond acceptors (Lipinski definition) is 5. The molecule has 7 heteroatoms. The Morgan fingerprint density at radius 1 is 1.61 bits per heavy atom. The molecule has 0 amide bonds. The highest BCUT2D eigenvalue weighted by Gasteiger charge is 2.16. The average Bonchev–Trinajstić information content (AvgIpc) is 2.85. The van der Waals surface area contributed by atoms with Gasteiger partial charge in [-0.2, -0.15) is 0 Å². The van der Waals surface area contributed by atoms with Gasteiger partial charge in [-0.3, -0.25) is 4.79 Å². The zero-order valence-electron chi connectivity index (χ0n) is 9.59. The third kappa shape index (κ3) is 3.08. The third-order valence-electron chi connectivity index (χ3n) is 2.32. The lowest BCUT2D eigenvalue weighted by atomic mass is 10.0. The van der Waals surface area contributed by atoms with Gasteiger partial charge in [0.1, 0.15) is 4.88 Å². The van der Waals surface area contributed by atoms with Gasteiger partial charge in [-0.1, -0.05) is 18.5 Å². The zero-order valence-corrected chi connectivity index (χ0v) is 11.2. The molecule has 0 spiro atoms. The Bertz CT molecular complexity index is 552. The topological polar surface area (TPSA) is 76.2 Å². The number of thiophene rings is 1. The monoisotopic (exact) mass is 286 g/mol. The summed E-state index contributed by atoms with van der Waals surface area (Å²) >= 11 is 7.39. The molecule has 0 aliphatic rings. The van der Waals surface area contributed by atoms with Gasteiger partial charge in [0.2, 0.25) is 5.89 Å². The summed E-state index contributed by atoms with van der Waals surface area (Å²) in [4.78, 5) is 11.3. The molecule has 2 heterocycles. The van der Waals surface area contributed by atoms with Crippen LogP contribution in [-0.2, 0) is 11.2 Å². The number of hydrogen-bond donors (Lipinski definition) is 1. The van der Waals surface area contributed by atoms with Crippen LogP contribution in [0.1, 0.15) is 19.2 Å². The van der Waals surface area contributed by atoms with Gasteiger partial charge in [-0.05, 0) is 17.4 Å². The Morgan fingerprint density at radius 3 is 3.00 bits per heavy atom. The third-order valence-corrected chi connectivity index (χ3v) is 3.65. The maximum absolute atomic E-state index is 10.6. The molecule has 1 N–H and O–H groups in total. The fourth-order valence-corrected chi connectivity index (χ4v) is 2.60. The first kappa shape index (κ1) is 13.0. The highest BCUT2D eigenvalue weighted by atomic mass is 35.5.